The molecule has 1 unspecified atom stereocenters. The topological polar surface area (TPSA) is 105 Å². The molecule has 0 saturated carbocycles. The summed E-state index contributed by atoms with van der Waals surface area (Å²) in [6.45, 7) is 1.81. The molecule has 108 valence electrons. The number of hydrogen-bond donors (Lipinski definition) is 0. The van der Waals surface area contributed by atoms with Crippen LogP contribution in [-0.4, -0.2) is 43.6 Å². The Labute approximate surface area is 116 Å². The second kappa shape index (κ2) is 5.25. The van der Waals surface area contributed by atoms with Gasteiger partial charge in [0, 0.05) is 6.54 Å². The summed E-state index contributed by atoms with van der Waals surface area (Å²) in [5, 5.41) is 7.16. The van der Waals surface area contributed by atoms with Crippen molar-refractivity contribution in [2.24, 2.45) is 0 Å². The van der Waals surface area contributed by atoms with E-state index in [0.717, 1.165) is 0 Å². The maximum absolute atomic E-state index is 12.3. The van der Waals surface area contributed by atoms with Gasteiger partial charge in [-0.3, -0.25) is 9.59 Å². The molecule has 2 rings (SSSR count). The predicted molar refractivity (Wildman–Crippen MR) is 67.5 cm³/mol. The summed E-state index contributed by atoms with van der Waals surface area (Å²) >= 11 is 0. The van der Waals surface area contributed by atoms with Gasteiger partial charge in [0.25, 0.3) is 5.91 Å². The molecule has 2 aliphatic rings. The predicted octanol–water partition coefficient (Wildman–Crippen LogP) is 0.0942. The first-order valence-electron chi connectivity index (χ1n) is 6.30. The van der Waals surface area contributed by atoms with E-state index in [4.69, 9.17) is 5.26 Å². The SMILES string of the molecule is CCOC(=O)C1C(=O)N2CCCCC2=C(C#N)S1(=O)=O. The van der Waals surface area contributed by atoms with Crippen LogP contribution in [0.25, 0.3) is 0 Å². The first-order chi connectivity index (χ1) is 9.45. The second-order valence-electron chi connectivity index (χ2n) is 4.51. The average Bonchev–Trinajstić information content (AvgIpc) is 2.39. The van der Waals surface area contributed by atoms with Gasteiger partial charge in [-0.2, -0.15) is 5.26 Å². The molecule has 0 aliphatic carbocycles. The summed E-state index contributed by atoms with van der Waals surface area (Å²) in [5.74, 6) is -1.92. The molecule has 20 heavy (non-hydrogen) atoms. The van der Waals surface area contributed by atoms with Gasteiger partial charge in [-0.05, 0) is 26.2 Å². The number of amides is 1. The summed E-state index contributed by atoms with van der Waals surface area (Å²) in [4.78, 5) is 24.8. The second-order valence-corrected chi connectivity index (χ2v) is 6.48. The third kappa shape index (κ3) is 2.08. The molecule has 1 fully saturated rings. The Balaban J connectivity index is 2.58. The first-order valence-corrected chi connectivity index (χ1v) is 7.85. The Kier molecular flexibility index (Phi) is 3.81. The lowest BCUT2D eigenvalue weighted by molar-refractivity contribution is -0.147. The zero-order chi connectivity index (χ0) is 14.9. The van der Waals surface area contributed by atoms with E-state index < -0.39 is 31.9 Å². The molecule has 0 spiro atoms. The van der Waals surface area contributed by atoms with E-state index in [-0.39, 0.29) is 12.3 Å². The molecule has 0 aromatic heterocycles. The monoisotopic (exact) mass is 298 g/mol. The quantitative estimate of drug-likeness (QED) is 0.528. The van der Waals surface area contributed by atoms with Crippen molar-refractivity contribution in [1.29, 1.82) is 5.26 Å². The Hall–Kier alpha value is -1.88. The van der Waals surface area contributed by atoms with Gasteiger partial charge >= 0.3 is 5.97 Å². The minimum atomic E-state index is -4.30. The van der Waals surface area contributed by atoms with Gasteiger partial charge in [-0.25, -0.2) is 8.42 Å². The number of carbonyl (C=O) groups is 2. The zero-order valence-corrected chi connectivity index (χ0v) is 11.8. The standard InChI is InChI=1S/C12H14N2O5S/c1-2-19-12(16)10-11(15)14-6-4-3-5-8(14)9(7-13)20(10,17)18/h10H,2-6H2,1H3. The van der Waals surface area contributed by atoms with Crippen LogP contribution in [0.4, 0.5) is 0 Å². The lowest BCUT2D eigenvalue weighted by atomic mass is 10.1. The number of nitriles is 1. The lowest BCUT2D eigenvalue weighted by Gasteiger charge is -2.36. The van der Waals surface area contributed by atoms with Crippen LogP contribution >= 0.6 is 0 Å². The molecule has 2 aliphatic heterocycles. The number of ether oxygens (including phenoxy) is 1. The molecular formula is C12H14N2O5S. The number of sulfone groups is 1. The van der Waals surface area contributed by atoms with Gasteiger partial charge in [-0.1, -0.05) is 0 Å². The van der Waals surface area contributed by atoms with Gasteiger partial charge in [0.15, 0.2) is 4.91 Å². The van der Waals surface area contributed by atoms with E-state index in [1.807, 2.05) is 0 Å². The molecule has 0 radical (unpaired) electrons. The van der Waals surface area contributed by atoms with Crippen molar-refractivity contribution in [2.45, 2.75) is 31.4 Å². The number of allylic oxidation sites excluding steroid dienone is 2. The number of piperidine rings is 1. The van der Waals surface area contributed by atoms with Crippen LogP contribution in [0.2, 0.25) is 0 Å². The number of fused-ring (bicyclic) bond motifs is 1. The van der Waals surface area contributed by atoms with E-state index in [1.54, 1.807) is 6.07 Å². The molecule has 8 heteroatoms. The average molecular weight is 298 g/mol. The van der Waals surface area contributed by atoms with Crippen molar-refractivity contribution in [3.63, 3.8) is 0 Å². The Morgan fingerprint density at radius 2 is 2.20 bits per heavy atom. The molecule has 1 amide bonds. The van der Waals surface area contributed by atoms with E-state index in [2.05, 4.69) is 4.74 Å². The van der Waals surface area contributed by atoms with Crippen LogP contribution < -0.4 is 0 Å². The normalized spacial score (nSPS) is 24.9. The van der Waals surface area contributed by atoms with Gasteiger partial charge in [0.05, 0.1) is 12.3 Å². The highest BCUT2D eigenvalue weighted by molar-refractivity contribution is 7.97. The highest BCUT2D eigenvalue weighted by Crippen LogP contribution is 2.34. The molecule has 1 saturated heterocycles. The van der Waals surface area contributed by atoms with Crippen molar-refractivity contribution in [2.75, 3.05) is 13.2 Å². The van der Waals surface area contributed by atoms with Gasteiger partial charge in [0.1, 0.15) is 6.07 Å². The Morgan fingerprint density at radius 1 is 1.50 bits per heavy atom. The third-order valence-electron chi connectivity index (χ3n) is 3.32. The number of nitrogens with zero attached hydrogens (tertiary/aromatic N) is 2. The molecule has 2 heterocycles. The van der Waals surface area contributed by atoms with Crippen molar-refractivity contribution >= 4 is 21.7 Å². The maximum Gasteiger partial charge on any atom is 0.334 e. The van der Waals surface area contributed by atoms with Crippen LogP contribution in [0, 0.1) is 11.3 Å². The molecule has 0 bridgehead atoms. The van der Waals surface area contributed by atoms with Crippen molar-refractivity contribution in [3.05, 3.63) is 10.6 Å². The molecule has 0 N–H and O–H groups in total. The van der Waals surface area contributed by atoms with Gasteiger partial charge in [0.2, 0.25) is 15.1 Å². The van der Waals surface area contributed by atoms with Gasteiger partial charge in [-0.15, -0.1) is 0 Å². The fraction of sp³-hybridized carbons (Fsp3) is 0.583. The summed E-state index contributed by atoms with van der Waals surface area (Å²) in [6.07, 6.45) is 1.77. The van der Waals surface area contributed by atoms with Crippen molar-refractivity contribution in [3.8, 4) is 6.07 Å². The van der Waals surface area contributed by atoms with Crippen LogP contribution in [0.15, 0.2) is 10.6 Å². The molecule has 1 atom stereocenters. The van der Waals surface area contributed by atoms with Crippen LogP contribution in [0.3, 0.4) is 0 Å². The van der Waals surface area contributed by atoms with Crippen molar-refractivity contribution < 1.29 is 22.7 Å². The van der Waals surface area contributed by atoms with Gasteiger partial charge < -0.3 is 9.64 Å². The summed E-state index contributed by atoms with van der Waals surface area (Å²) in [5.41, 5.74) is 0.212. The van der Waals surface area contributed by atoms with Crippen molar-refractivity contribution in [1.82, 2.24) is 4.90 Å². The van der Waals surface area contributed by atoms with Crippen LogP contribution in [-0.2, 0) is 24.2 Å². The smallest absolute Gasteiger partial charge is 0.334 e. The summed E-state index contributed by atoms with van der Waals surface area (Å²) in [6, 6.07) is 1.63. The lowest BCUT2D eigenvalue weighted by Crippen LogP contribution is -2.53. The molecule has 0 aromatic rings. The van der Waals surface area contributed by atoms with Crippen LogP contribution in [0.5, 0.6) is 0 Å². The zero-order valence-electron chi connectivity index (χ0n) is 11.0. The molecule has 0 aromatic carbocycles. The van der Waals surface area contributed by atoms with E-state index in [0.29, 0.717) is 25.8 Å². The van der Waals surface area contributed by atoms with Crippen LogP contribution in [0.1, 0.15) is 26.2 Å². The molecule has 7 nitrogen and oxygen atoms in total. The maximum atomic E-state index is 12.3. The number of carbonyl (C=O) groups excluding carboxylic acids is 2. The Bertz CT molecular complexity index is 629. The largest absolute Gasteiger partial charge is 0.465 e. The molecular weight excluding hydrogens is 284 g/mol. The fourth-order valence-electron chi connectivity index (χ4n) is 2.44. The number of hydrogen-bond acceptors (Lipinski definition) is 6. The summed E-state index contributed by atoms with van der Waals surface area (Å²) in [7, 11) is -4.30. The minimum absolute atomic E-state index is 0.0312. The highest BCUT2D eigenvalue weighted by Gasteiger charge is 2.51. The number of esters is 1. The Morgan fingerprint density at radius 3 is 2.80 bits per heavy atom. The minimum Gasteiger partial charge on any atom is -0.465 e. The third-order valence-corrected chi connectivity index (χ3v) is 5.23. The van der Waals surface area contributed by atoms with E-state index in [9.17, 15) is 18.0 Å². The van der Waals surface area contributed by atoms with E-state index in [1.165, 1.54) is 11.8 Å². The number of rotatable bonds is 2. The highest BCUT2D eigenvalue weighted by atomic mass is 32.2. The first kappa shape index (κ1) is 14.5. The van der Waals surface area contributed by atoms with E-state index >= 15 is 0 Å². The summed E-state index contributed by atoms with van der Waals surface area (Å²) < 4.78 is 29.3. The fourth-order valence-corrected chi connectivity index (χ4v) is 4.06.